The number of esters is 3. The van der Waals surface area contributed by atoms with Crippen LogP contribution in [0, 0.1) is 0 Å². The van der Waals surface area contributed by atoms with Crippen LogP contribution in [0.5, 0.6) is 0 Å². The van der Waals surface area contributed by atoms with Crippen LogP contribution in [-0.2, 0) is 33.3 Å². The Kier molecular flexibility index (Phi) is 6.80. The lowest BCUT2D eigenvalue weighted by molar-refractivity contribution is -0.185. The highest BCUT2D eigenvalue weighted by Crippen LogP contribution is 2.26. The molecule has 0 aromatic heterocycles. The van der Waals surface area contributed by atoms with Crippen LogP contribution >= 0.6 is 0 Å². The van der Waals surface area contributed by atoms with Gasteiger partial charge in [0.1, 0.15) is 6.61 Å². The highest BCUT2D eigenvalue weighted by Gasteiger charge is 2.49. The van der Waals surface area contributed by atoms with E-state index in [-0.39, 0.29) is 6.61 Å². The molecule has 1 N–H and O–H groups in total. The van der Waals surface area contributed by atoms with Crippen LogP contribution in [0.25, 0.3) is 10.4 Å². The lowest BCUT2D eigenvalue weighted by atomic mass is 9.97. The van der Waals surface area contributed by atoms with Crippen LogP contribution < -0.4 is 0 Å². The molecule has 24 heavy (non-hydrogen) atoms. The summed E-state index contributed by atoms with van der Waals surface area (Å²) < 4.78 is 20.2. The SMILES string of the molecule is CC(=O)OC[C@H]1O/C(=N\O)[C@H](N=[N+]=[N-])[C@@H](OC(C)=O)[C@H]1OC(C)=O. The largest absolute Gasteiger partial charge is 0.467 e. The third kappa shape index (κ3) is 5.02. The van der Waals surface area contributed by atoms with Crippen molar-refractivity contribution in [1.29, 1.82) is 0 Å². The van der Waals surface area contributed by atoms with Gasteiger partial charge in [-0.2, -0.15) is 0 Å². The molecule has 0 aromatic rings. The van der Waals surface area contributed by atoms with Gasteiger partial charge in [-0.25, -0.2) is 0 Å². The predicted molar refractivity (Wildman–Crippen MR) is 74.8 cm³/mol. The van der Waals surface area contributed by atoms with Crippen molar-refractivity contribution in [2.45, 2.75) is 45.1 Å². The first kappa shape index (κ1) is 19.0. The molecule has 0 aliphatic carbocycles. The molecule has 0 spiro atoms. The van der Waals surface area contributed by atoms with Crippen molar-refractivity contribution in [2.24, 2.45) is 10.3 Å². The zero-order chi connectivity index (χ0) is 18.3. The van der Waals surface area contributed by atoms with Crippen molar-refractivity contribution in [2.75, 3.05) is 6.61 Å². The van der Waals surface area contributed by atoms with Gasteiger partial charge in [-0.3, -0.25) is 14.4 Å². The molecular weight excluding hydrogens is 328 g/mol. The quantitative estimate of drug-likeness (QED) is 0.141. The topological polar surface area (TPSA) is 169 Å². The second-order valence-corrected chi connectivity index (χ2v) is 4.69. The molecule has 132 valence electrons. The maximum atomic E-state index is 11.3. The molecule has 1 heterocycles. The molecule has 12 heteroatoms. The van der Waals surface area contributed by atoms with Crippen LogP contribution in [0.2, 0.25) is 0 Å². The Balaban J connectivity index is 3.24. The first-order chi connectivity index (χ1) is 11.3. The molecule has 12 nitrogen and oxygen atoms in total. The van der Waals surface area contributed by atoms with E-state index in [1.807, 2.05) is 0 Å². The van der Waals surface area contributed by atoms with Crippen molar-refractivity contribution in [3.05, 3.63) is 10.4 Å². The average molecular weight is 344 g/mol. The summed E-state index contributed by atoms with van der Waals surface area (Å²) in [6, 6.07) is -1.37. The first-order valence-corrected chi connectivity index (χ1v) is 6.70. The smallest absolute Gasteiger partial charge is 0.303 e. The Morgan fingerprint density at radius 3 is 2.21 bits per heavy atom. The number of nitrogens with zero attached hydrogens (tertiary/aromatic N) is 4. The maximum Gasteiger partial charge on any atom is 0.303 e. The highest BCUT2D eigenvalue weighted by molar-refractivity contribution is 5.84. The minimum absolute atomic E-state index is 0.382. The number of carbonyl (C=O) groups excluding carboxylic acids is 3. The van der Waals surface area contributed by atoms with Gasteiger partial charge in [0.15, 0.2) is 24.4 Å². The van der Waals surface area contributed by atoms with Crippen LogP contribution in [-0.4, -0.2) is 60.0 Å². The number of hydrogen-bond acceptors (Lipinski definition) is 10. The molecule has 0 radical (unpaired) electrons. The van der Waals surface area contributed by atoms with E-state index >= 15 is 0 Å². The molecule has 0 aromatic carbocycles. The number of hydrogen-bond donors (Lipinski definition) is 1. The van der Waals surface area contributed by atoms with Crippen LogP contribution in [0.3, 0.4) is 0 Å². The zero-order valence-electron chi connectivity index (χ0n) is 13.1. The molecule has 0 amide bonds. The zero-order valence-corrected chi connectivity index (χ0v) is 13.1. The third-order valence-corrected chi connectivity index (χ3v) is 2.86. The Morgan fingerprint density at radius 2 is 1.75 bits per heavy atom. The van der Waals surface area contributed by atoms with Crippen molar-refractivity contribution in [3.63, 3.8) is 0 Å². The van der Waals surface area contributed by atoms with E-state index in [9.17, 15) is 14.4 Å². The van der Waals surface area contributed by atoms with Gasteiger partial charge in [-0.15, -0.1) is 0 Å². The van der Waals surface area contributed by atoms with Crippen LogP contribution in [0.1, 0.15) is 20.8 Å². The molecule has 1 saturated heterocycles. The van der Waals surface area contributed by atoms with Crippen molar-refractivity contribution < 1.29 is 38.5 Å². The highest BCUT2D eigenvalue weighted by atomic mass is 16.6. The molecule has 0 unspecified atom stereocenters. The first-order valence-electron chi connectivity index (χ1n) is 6.70. The molecule has 1 aliphatic heterocycles. The average Bonchev–Trinajstić information content (AvgIpc) is 2.48. The fourth-order valence-corrected chi connectivity index (χ4v) is 2.06. The van der Waals surface area contributed by atoms with E-state index in [4.69, 9.17) is 29.7 Å². The minimum atomic E-state index is -1.37. The van der Waals surface area contributed by atoms with Crippen LogP contribution in [0.4, 0.5) is 0 Å². The summed E-state index contributed by atoms with van der Waals surface area (Å²) in [7, 11) is 0. The van der Waals surface area contributed by atoms with Crippen LogP contribution in [0.15, 0.2) is 10.3 Å². The van der Waals surface area contributed by atoms with Gasteiger partial charge >= 0.3 is 17.9 Å². The molecule has 0 bridgehead atoms. The third-order valence-electron chi connectivity index (χ3n) is 2.86. The predicted octanol–water partition coefficient (Wildman–Crippen LogP) is 0.278. The number of azide groups is 1. The summed E-state index contributed by atoms with van der Waals surface area (Å²) in [6.45, 7) is 2.96. The molecule has 4 atom stereocenters. The Morgan fingerprint density at radius 1 is 1.17 bits per heavy atom. The fraction of sp³-hybridized carbons (Fsp3) is 0.667. The maximum absolute atomic E-state index is 11.3. The van der Waals surface area contributed by atoms with E-state index in [0.29, 0.717) is 0 Å². The molecule has 1 fully saturated rings. The summed E-state index contributed by atoms with van der Waals surface area (Å²) in [6.07, 6.45) is -3.73. The summed E-state index contributed by atoms with van der Waals surface area (Å²) >= 11 is 0. The molecular formula is C12H16N4O8. The normalized spacial score (nSPS) is 27.4. The van der Waals surface area contributed by atoms with Crippen molar-refractivity contribution >= 4 is 23.8 Å². The summed E-state index contributed by atoms with van der Waals surface area (Å²) in [5, 5.41) is 15.2. The van der Waals surface area contributed by atoms with E-state index in [1.54, 1.807) is 0 Å². The van der Waals surface area contributed by atoms with Gasteiger partial charge in [0.25, 0.3) is 0 Å². The minimum Gasteiger partial charge on any atom is -0.467 e. The van der Waals surface area contributed by atoms with E-state index in [1.165, 1.54) is 0 Å². The number of rotatable bonds is 5. The summed E-state index contributed by atoms with van der Waals surface area (Å²) in [5.74, 6) is -2.61. The fourth-order valence-electron chi connectivity index (χ4n) is 2.06. The van der Waals surface area contributed by atoms with Crippen molar-refractivity contribution in [3.8, 4) is 0 Å². The number of carbonyl (C=O) groups is 3. The van der Waals surface area contributed by atoms with Gasteiger partial charge in [0, 0.05) is 25.7 Å². The monoisotopic (exact) mass is 344 g/mol. The van der Waals surface area contributed by atoms with Gasteiger partial charge < -0.3 is 24.2 Å². The lowest BCUT2D eigenvalue weighted by Crippen LogP contribution is -2.59. The molecule has 1 aliphatic rings. The van der Waals surface area contributed by atoms with Crippen molar-refractivity contribution in [1.82, 2.24) is 0 Å². The van der Waals surface area contributed by atoms with Gasteiger partial charge in [0.05, 0.1) is 0 Å². The Labute approximate surface area is 135 Å². The molecule has 0 saturated carbocycles. The molecule has 1 rings (SSSR count). The van der Waals surface area contributed by atoms with Gasteiger partial charge in [-0.1, -0.05) is 10.3 Å². The summed E-state index contributed by atoms with van der Waals surface area (Å²) in [4.78, 5) is 36.2. The second-order valence-electron chi connectivity index (χ2n) is 4.69. The standard InChI is InChI=1S/C12H16N4O8/c1-5(17)21-4-8-10(22-6(2)18)11(23-7(3)19)9(14-16-13)12(15-20)24-8/h8-11,20H,4H2,1-3H3/b15-12-/t8-,9-,10+,11-/m1/s1. The van der Waals surface area contributed by atoms with E-state index in [2.05, 4.69) is 15.2 Å². The van der Waals surface area contributed by atoms with E-state index in [0.717, 1.165) is 20.8 Å². The number of oxime groups is 1. The van der Waals surface area contributed by atoms with E-state index < -0.39 is 48.2 Å². The Bertz CT molecular complexity index is 586. The number of ether oxygens (including phenoxy) is 4. The van der Waals surface area contributed by atoms with Gasteiger partial charge in [0.2, 0.25) is 5.90 Å². The summed E-state index contributed by atoms with van der Waals surface area (Å²) in [5.41, 5.74) is 8.64. The lowest BCUT2D eigenvalue weighted by Gasteiger charge is -2.39. The van der Waals surface area contributed by atoms with Gasteiger partial charge in [-0.05, 0) is 5.53 Å². The second kappa shape index (κ2) is 8.58. The Hall–Kier alpha value is -3.01.